The van der Waals surface area contributed by atoms with Crippen molar-refractivity contribution < 1.29 is 5.11 Å². The SMILES string of the molecule is CC1(C)CC1C(O)Cc1ccc(Br)s1. The Balaban J connectivity index is 1.93. The number of aliphatic hydroxyl groups excluding tert-OH is 1. The molecular weight excluding hydrogens is 260 g/mol. The smallest absolute Gasteiger partial charge is 0.0701 e. The molecule has 2 rings (SSSR count). The Kier molecular flexibility index (Phi) is 2.75. The van der Waals surface area contributed by atoms with Crippen LogP contribution < -0.4 is 0 Å². The minimum atomic E-state index is -0.157. The third kappa shape index (κ3) is 2.20. The van der Waals surface area contributed by atoms with E-state index in [1.807, 2.05) is 6.07 Å². The van der Waals surface area contributed by atoms with Gasteiger partial charge in [-0.05, 0) is 45.8 Å². The van der Waals surface area contributed by atoms with Crippen LogP contribution in [0.15, 0.2) is 15.9 Å². The Labute approximate surface area is 97.3 Å². The van der Waals surface area contributed by atoms with Gasteiger partial charge in [0.1, 0.15) is 0 Å². The van der Waals surface area contributed by atoms with Crippen molar-refractivity contribution in [1.29, 1.82) is 0 Å². The van der Waals surface area contributed by atoms with Crippen LogP contribution in [0.2, 0.25) is 0 Å². The minimum absolute atomic E-state index is 0.157. The number of hydrogen-bond acceptors (Lipinski definition) is 2. The zero-order valence-corrected chi connectivity index (χ0v) is 10.9. The molecule has 1 fully saturated rings. The van der Waals surface area contributed by atoms with Gasteiger partial charge >= 0.3 is 0 Å². The second-order valence-electron chi connectivity index (χ2n) is 4.78. The van der Waals surface area contributed by atoms with Crippen molar-refractivity contribution in [2.45, 2.75) is 32.8 Å². The van der Waals surface area contributed by atoms with Crippen LogP contribution in [0.5, 0.6) is 0 Å². The first-order chi connectivity index (χ1) is 6.49. The summed E-state index contributed by atoms with van der Waals surface area (Å²) in [6.07, 6.45) is 1.82. The average Bonchev–Trinajstić information content (AvgIpc) is 2.51. The maximum absolute atomic E-state index is 9.98. The van der Waals surface area contributed by atoms with E-state index in [0.717, 1.165) is 10.2 Å². The quantitative estimate of drug-likeness (QED) is 0.895. The molecule has 0 amide bonds. The molecule has 78 valence electrons. The zero-order chi connectivity index (χ0) is 10.3. The summed E-state index contributed by atoms with van der Waals surface area (Å²) < 4.78 is 1.15. The molecule has 1 aromatic heterocycles. The van der Waals surface area contributed by atoms with E-state index in [-0.39, 0.29) is 6.10 Å². The van der Waals surface area contributed by atoms with Gasteiger partial charge in [-0.1, -0.05) is 13.8 Å². The second-order valence-corrected chi connectivity index (χ2v) is 7.32. The summed E-state index contributed by atoms with van der Waals surface area (Å²) in [4.78, 5) is 1.27. The third-order valence-electron chi connectivity index (χ3n) is 3.09. The molecule has 1 aromatic rings. The molecule has 14 heavy (non-hydrogen) atoms. The van der Waals surface area contributed by atoms with Crippen molar-refractivity contribution >= 4 is 27.3 Å². The molecule has 1 nitrogen and oxygen atoms in total. The number of halogens is 1. The average molecular weight is 275 g/mol. The van der Waals surface area contributed by atoms with E-state index in [9.17, 15) is 5.11 Å². The molecule has 1 aliphatic carbocycles. The second kappa shape index (κ2) is 3.62. The molecule has 1 N–H and O–H groups in total. The number of aliphatic hydroxyl groups is 1. The molecule has 1 heterocycles. The maximum atomic E-state index is 9.98. The Hall–Kier alpha value is 0.140. The van der Waals surface area contributed by atoms with Crippen LogP contribution in [-0.4, -0.2) is 11.2 Å². The zero-order valence-electron chi connectivity index (χ0n) is 8.46. The Morgan fingerprint density at radius 3 is 2.71 bits per heavy atom. The molecule has 0 spiro atoms. The summed E-state index contributed by atoms with van der Waals surface area (Å²) >= 11 is 5.15. The number of rotatable bonds is 3. The van der Waals surface area contributed by atoms with Crippen LogP contribution in [0.3, 0.4) is 0 Å². The van der Waals surface area contributed by atoms with Crippen LogP contribution in [0, 0.1) is 11.3 Å². The summed E-state index contributed by atoms with van der Waals surface area (Å²) in [6, 6.07) is 4.14. The van der Waals surface area contributed by atoms with Gasteiger partial charge in [0, 0.05) is 11.3 Å². The lowest BCUT2D eigenvalue weighted by Crippen LogP contribution is -2.15. The Bertz CT molecular complexity index is 332. The van der Waals surface area contributed by atoms with E-state index < -0.39 is 0 Å². The summed E-state index contributed by atoms with van der Waals surface area (Å²) in [6.45, 7) is 4.45. The number of thiophene rings is 1. The first-order valence-corrected chi connectivity index (χ1v) is 6.52. The predicted molar refractivity (Wildman–Crippen MR) is 63.6 cm³/mol. The van der Waals surface area contributed by atoms with Gasteiger partial charge in [-0.25, -0.2) is 0 Å². The van der Waals surface area contributed by atoms with E-state index in [4.69, 9.17) is 0 Å². The molecule has 1 aliphatic rings. The van der Waals surface area contributed by atoms with E-state index >= 15 is 0 Å². The van der Waals surface area contributed by atoms with Crippen molar-refractivity contribution in [1.82, 2.24) is 0 Å². The van der Waals surface area contributed by atoms with Gasteiger partial charge in [-0.3, -0.25) is 0 Å². The van der Waals surface area contributed by atoms with E-state index in [0.29, 0.717) is 11.3 Å². The van der Waals surface area contributed by atoms with Crippen LogP contribution >= 0.6 is 27.3 Å². The minimum Gasteiger partial charge on any atom is -0.392 e. The monoisotopic (exact) mass is 274 g/mol. The fourth-order valence-corrected chi connectivity index (χ4v) is 3.51. The molecule has 0 aromatic carbocycles. The van der Waals surface area contributed by atoms with Crippen molar-refractivity contribution in [3.05, 3.63) is 20.8 Å². The Morgan fingerprint density at radius 2 is 2.29 bits per heavy atom. The van der Waals surface area contributed by atoms with Crippen LogP contribution in [-0.2, 0) is 6.42 Å². The van der Waals surface area contributed by atoms with Gasteiger partial charge in [0.15, 0.2) is 0 Å². The van der Waals surface area contributed by atoms with Crippen molar-refractivity contribution in [2.24, 2.45) is 11.3 Å². The van der Waals surface area contributed by atoms with Crippen LogP contribution in [0.25, 0.3) is 0 Å². The fourth-order valence-electron chi connectivity index (χ4n) is 1.97. The summed E-state index contributed by atoms with van der Waals surface area (Å²) in [5.74, 6) is 0.503. The highest BCUT2D eigenvalue weighted by atomic mass is 79.9. The normalized spacial score (nSPS) is 26.1. The van der Waals surface area contributed by atoms with Crippen LogP contribution in [0.1, 0.15) is 25.1 Å². The largest absolute Gasteiger partial charge is 0.392 e. The van der Waals surface area contributed by atoms with Crippen LogP contribution in [0.4, 0.5) is 0 Å². The molecule has 0 saturated heterocycles. The van der Waals surface area contributed by atoms with Gasteiger partial charge in [-0.15, -0.1) is 11.3 Å². The standard InChI is InChI=1S/C11H15BrOS/c1-11(2)6-8(11)9(13)5-7-3-4-10(12)14-7/h3-4,8-9,13H,5-6H2,1-2H3. The summed E-state index contributed by atoms with van der Waals surface area (Å²) in [7, 11) is 0. The molecule has 0 bridgehead atoms. The summed E-state index contributed by atoms with van der Waals surface area (Å²) in [5, 5.41) is 9.98. The fraction of sp³-hybridized carbons (Fsp3) is 0.636. The third-order valence-corrected chi connectivity index (χ3v) is 4.74. The molecule has 0 aliphatic heterocycles. The lowest BCUT2D eigenvalue weighted by atomic mass is 10.0. The molecule has 1 saturated carbocycles. The van der Waals surface area contributed by atoms with Gasteiger partial charge in [0.2, 0.25) is 0 Å². The highest BCUT2D eigenvalue weighted by molar-refractivity contribution is 9.11. The van der Waals surface area contributed by atoms with Gasteiger partial charge in [0.05, 0.1) is 9.89 Å². The highest BCUT2D eigenvalue weighted by Gasteiger charge is 2.49. The highest BCUT2D eigenvalue weighted by Crippen LogP contribution is 2.54. The lowest BCUT2D eigenvalue weighted by Gasteiger charge is -2.10. The molecule has 2 unspecified atom stereocenters. The maximum Gasteiger partial charge on any atom is 0.0701 e. The summed E-state index contributed by atoms with van der Waals surface area (Å²) in [5.41, 5.74) is 0.369. The van der Waals surface area contributed by atoms with E-state index in [1.165, 1.54) is 11.3 Å². The molecule has 3 heteroatoms. The first-order valence-electron chi connectivity index (χ1n) is 4.91. The first kappa shape index (κ1) is 10.7. The topological polar surface area (TPSA) is 20.2 Å². The Morgan fingerprint density at radius 1 is 1.64 bits per heavy atom. The lowest BCUT2D eigenvalue weighted by molar-refractivity contribution is 0.137. The van der Waals surface area contributed by atoms with Gasteiger partial charge < -0.3 is 5.11 Å². The molecule has 2 atom stereocenters. The van der Waals surface area contributed by atoms with E-state index in [2.05, 4.69) is 35.8 Å². The van der Waals surface area contributed by atoms with Gasteiger partial charge in [-0.2, -0.15) is 0 Å². The van der Waals surface area contributed by atoms with E-state index in [1.54, 1.807) is 11.3 Å². The van der Waals surface area contributed by atoms with Crippen molar-refractivity contribution in [2.75, 3.05) is 0 Å². The van der Waals surface area contributed by atoms with Gasteiger partial charge in [0.25, 0.3) is 0 Å². The molecule has 0 radical (unpaired) electrons. The number of hydrogen-bond donors (Lipinski definition) is 1. The predicted octanol–water partition coefficient (Wildman–Crippen LogP) is 3.46. The molecular formula is C11H15BrOS. The van der Waals surface area contributed by atoms with Crippen molar-refractivity contribution in [3.8, 4) is 0 Å². The van der Waals surface area contributed by atoms with Crippen molar-refractivity contribution in [3.63, 3.8) is 0 Å².